The minimum Gasteiger partial charge on any atom is -0.398 e. The Kier molecular flexibility index (Phi) is 3.92. The van der Waals surface area contributed by atoms with Crippen LogP contribution in [0.15, 0.2) is 48.5 Å². The van der Waals surface area contributed by atoms with E-state index >= 15 is 0 Å². The monoisotopic (exact) mass is 265 g/mol. The van der Waals surface area contributed by atoms with E-state index in [1.807, 2.05) is 0 Å². The predicted octanol–water partition coefficient (Wildman–Crippen LogP) is 3.31. The summed E-state index contributed by atoms with van der Waals surface area (Å²) in [5, 5.41) is 16.1. The van der Waals surface area contributed by atoms with Crippen LogP contribution in [0, 0.1) is 22.6 Å². The molecule has 3 N–H and O–H groups in total. The van der Waals surface area contributed by atoms with Crippen LogP contribution in [0.2, 0.25) is 0 Å². The summed E-state index contributed by atoms with van der Waals surface area (Å²) >= 11 is 0. The SMILES string of the molecule is N#Cc1ccc(-c2ccc(F)cc2)cc1/C(N)=C/C=N. The van der Waals surface area contributed by atoms with Crippen LogP contribution in [-0.4, -0.2) is 6.21 Å². The zero-order chi connectivity index (χ0) is 14.5. The number of nitriles is 1. The van der Waals surface area contributed by atoms with E-state index in [1.165, 1.54) is 18.2 Å². The van der Waals surface area contributed by atoms with Crippen LogP contribution >= 0.6 is 0 Å². The van der Waals surface area contributed by atoms with Crippen molar-refractivity contribution < 1.29 is 4.39 Å². The zero-order valence-corrected chi connectivity index (χ0v) is 10.6. The van der Waals surface area contributed by atoms with E-state index in [9.17, 15) is 4.39 Å². The largest absolute Gasteiger partial charge is 0.398 e. The fraction of sp³-hybridized carbons (Fsp3) is 0. The lowest BCUT2D eigenvalue weighted by Crippen LogP contribution is -2.00. The van der Waals surface area contributed by atoms with E-state index in [1.54, 1.807) is 30.3 Å². The molecule has 2 rings (SSSR count). The number of nitrogens with zero attached hydrogens (tertiary/aromatic N) is 1. The van der Waals surface area contributed by atoms with Crippen molar-refractivity contribution in [1.82, 2.24) is 0 Å². The van der Waals surface area contributed by atoms with Gasteiger partial charge in [-0.3, -0.25) is 0 Å². The molecule has 0 aromatic heterocycles. The van der Waals surface area contributed by atoms with Gasteiger partial charge in [0, 0.05) is 17.5 Å². The topological polar surface area (TPSA) is 73.7 Å². The Balaban J connectivity index is 2.55. The highest BCUT2D eigenvalue weighted by molar-refractivity contribution is 5.84. The maximum atomic E-state index is 12.9. The summed E-state index contributed by atoms with van der Waals surface area (Å²) in [5.41, 5.74) is 8.87. The highest BCUT2D eigenvalue weighted by atomic mass is 19.1. The first-order valence-electron chi connectivity index (χ1n) is 5.92. The Bertz CT molecular complexity index is 709. The summed E-state index contributed by atoms with van der Waals surface area (Å²) in [5.74, 6) is -0.300. The van der Waals surface area contributed by atoms with Crippen LogP contribution in [0.25, 0.3) is 16.8 Å². The van der Waals surface area contributed by atoms with Gasteiger partial charge in [0.1, 0.15) is 5.82 Å². The van der Waals surface area contributed by atoms with Gasteiger partial charge in [-0.25, -0.2) is 4.39 Å². The molecular weight excluding hydrogens is 253 g/mol. The lowest BCUT2D eigenvalue weighted by molar-refractivity contribution is 0.628. The molecule has 98 valence electrons. The van der Waals surface area contributed by atoms with E-state index in [-0.39, 0.29) is 5.82 Å². The molecule has 0 unspecified atom stereocenters. The molecule has 0 radical (unpaired) electrons. The van der Waals surface area contributed by atoms with E-state index in [2.05, 4.69) is 6.07 Å². The molecule has 0 fully saturated rings. The molecule has 0 spiro atoms. The summed E-state index contributed by atoms with van der Waals surface area (Å²) in [6.07, 6.45) is 2.49. The second-order valence-electron chi connectivity index (χ2n) is 4.17. The van der Waals surface area contributed by atoms with Crippen molar-refractivity contribution in [2.24, 2.45) is 5.73 Å². The molecule has 0 aliphatic rings. The number of rotatable bonds is 3. The van der Waals surface area contributed by atoms with Crippen molar-refractivity contribution in [1.29, 1.82) is 10.7 Å². The number of nitrogens with one attached hydrogen (secondary N) is 1. The molecule has 2 aromatic carbocycles. The minimum atomic E-state index is -0.300. The Morgan fingerprint density at radius 1 is 1.15 bits per heavy atom. The molecule has 0 amide bonds. The second-order valence-corrected chi connectivity index (χ2v) is 4.17. The van der Waals surface area contributed by atoms with E-state index in [0.29, 0.717) is 16.8 Å². The molecule has 4 heteroatoms. The van der Waals surface area contributed by atoms with Gasteiger partial charge in [0.25, 0.3) is 0 Å². The average Bonchev–Trinajstić information content (AvgIpc) is 2.47. The van der Waals surface area contributed by atoms with Crippen LogP contribution < -0.4 is 5.73 Å². The Hall–Kier alpha value is -2.93. The summed E-state index contributed by atoms with van der Waals surface area (Å²) < 4.78 is 12.9. The third-order valence-electron chi connectivity index (χ3n) is 2.89. The van der Waals surface area contributed by atoms with E-state index < -0.39 is 0 Å². The molecule has 2 aromatic rings. The first kappa shape index (κ1) is 13.5. The highest BCUT2D eigenvalue weighted by Gasteiger charge is 2.07. The second kappa shape index (κ2) is 5.81. The van der Waals surface area contributed by atoms with Crippen molar-refractivity contribution in [3.63, 3.8) is 0 Å². The van der Waals surface area contributed by atoms with Crippen LogP contribution in [0.3, 0.4) is 0 Å². The molecule has 0 heterocycles. The molecular formula is C16H12FN3. The molecule has 0 bridgehead atoms. The van der Waals surface area contributed by atoms with Gasteiger partial charge in [-0.2, -0.15) is 5.26 Å². The molecule has 20 heavy (non-hydrogen) atoms. The van der Waals surface area contributed by atoms with Crippen molar-refractivity contribution in [3.8, 4) is 17.2 Å². The summed E-state index contributed by atoms with van der Waals surface area (Å²) in [6.45, 7) is 0. The maximum absolute atomic E-state index is 12.9. The normalized spacial score (nSPS) is 10.9. The maximum Gasteiger partial charge on any atom is 0.123 e. The summed E-state index contributed by atoms with van der Waals surface area (Å²) in [6, 6.07) is 13.4. The molecule has 0 aliphatic heterocycles. The van der Waals surface area contributed by atoms with Crippen molar-refractivity contribution in [2.75, 3.05) is 0 Å². The predicted molar refractivity (Wildman–Crippen MR) is 77.5 cm³/mol. The van der Waals surface area contributed by atoms with Crippen LogP contribution in [0.1, 0.15) is 11.1 Å². The quantitative estimate of drug-likeness (QED) is 0.835. The first-order valence-corrected chi connectivity index (χ1v) is 5.92. The highest BCUT2D eigenvalue weighted by Crippen LogP contribution is 2.25. The van der Waals surface area contributed by atoms with Crippen molar-refractivity contribution >= 4 is 11.9 Å². The van der Waals surface area contributed by atoms with Gasteiger partial charge >= 0.3 is 0 Å². The lowest BCUT2D eigenvalue weighted by Gasteiger charge is -2.08. The Morgan fingerprint density at radius 3 is 2.40 bits per heavy atom. The zero-order valence-electron chi connectivity index (χ0n) is 10.6. The summed E-state index contributed by atoms with van der Waals surface area (Å²) in [4.78, 5) is 0. The summed E-state index contributed by atoms with van der Waals surface area (Å²) in [7, 11) is 0. The van der Waals surface area contributed by atoms with Gasteiger partial charge < -0.3 is 11.1 Å². The molecule has 0 aliphatic carbocycles. The van der Waals surface area contributed by atoms with Crippen molar-refractivity contribution in [2.45, 2.75) is 0 Å². The number of hydrogen-bond donors (Lipinski definition) is 2. The van der Waals surface area contributed by atoms with E-state index in [4.69, 9.17) is 16.4 Å². The van der Waals surface area contributed by atoms with Gasteiger partial charge in [-0.15, -0.1) is 0 Å². The lowest BCUT2D eigenvalue weighted by atomic mass is 9.98. The van der Waals surface area contributed by atoms with Crippen LogP contribution in [0.5, 0.6) is 0 Å². The molecule has 0 atom stereocenters. The van der Waals surface area contributed by atoms with Gasteiger partial charge in [-0.1, -0.05) is 18.2 Å². The third kappa shape index (κ3) is 2.73. The molecule has 0 saturated carbocycles. The number of hydrogen-bond acceptors (Lipinski definition) is 3. The van der Waals surface area contributed by atoms with Crippen LogP contribution in [0.4, 0.5) is 4.39 Å². The fourth-order valence-corrected chi connectivity index (χ4v) is 1.88. The van der Waals surface area contributed by atoms with E-state index in [0.717, 1.165) is 17.3 Å². The first-order chi connectivity index (χ1) is 9.65. The van der Waals surface area contributed by atoms with Gasteiger partial charge in [0.15, 0.2) is 0 Å². The van der Waals surface area contributed by atoms with Crippen molar-refractivity contribution in [3.05, 3.63) is 65.5 Å². The van der Waals surface area contributed by atoms with Crippen LogP contribution in [-0.2, 0) is 0 Å². The minimum absolute atomic E-state index is 0.300. The van der Waals surface area contributed by atoms with Gasteiger partial charge in [-0.05, 0) is 41.5 Å². The van der Waals surface area contributed by atoms with Gasteiger partial charge in [0.2, 0.25) is 0 Å². The standard InChI is InChI=1S/C16H12FN3/c17-14-5-3-11(4-6-14)12-1-2-13(10-19)15(9-12)16(20)7-8-18/h1-9,18H,20H2/b16-7-,18-8?. The number of halogens is 1. The average molecular weight is 265 g/mol. The Morgan fingerprint density at radius 2 is 1.80 bits per heavy atom. The number of allylic oxidation sites excluding steroid dienone is 1. The number of benzene rings is 2. The Labute approximate surface area is 116 Å². The molecule has 0 saturated heterocycles. The van der Waals surface area contributed by atoms with Gasteiger partial charge in [0.05, 0.1) is 11.6 Å². The molecule has 3 nitrogen and oxygen atoms in total. The fourth-order valence-electron chi connectivity index (χ4n) is 1.88. The number of nitrogens with two attached hydrogens (primary N) is 1. The smallest absolute Gasteiger partial charge is 0.123 e. The third-order valence-corrected chi connectivity index (χ3v) is 2.89.